The Hall–Kier alpha value is -0.820. The first-order chi connectivity index (χ1) is 9.36. The van der Waals surface area contributed by atoms with Crippen LogP contribution in [0.4, 0.5) is 0 Å². The maximum absolute atomic E-state index is 3.67. The summed E-state index contributed by atoms with van der Waals surface area (Å²) >= 11 is 0. The monoisotopic (exact) mass is 257 g/mol. The van der Waals surface area contributed by atoms with Gasteiger partial charge in [0.2, 0.25) is 0 Å². The highest BCUT2D eigenvalue weighted by molar-refractivity contribution is 5.18. The van der Waals surface area contributed by atoms with Gasteiger partial charge < -0.3 is 5.32 Å². The van der Waals surface area contributed by atoms with Crippen molar-refractivity contribution in [3.8, 4) is 0 Å². The predicted octanol–water partition coefficient (Wildman–Crippen LogP) is 4.55. The minimum absolute atomic E-state index is 0.560. The summed E-state index contributed by atoms with van der Waals surface area (Å²) in [5.41, 5.74) is 1.47. The molecule has 2 fully saturated rings. The number of hydrogen-bond acceptors (Lipinski definition) is 1. The van der Waals surface area contributed by atoms with Gasteiger partial charge in [-0.15, -0.1) is 0 Å². The normalized spacial score (nSPS) is 30.7. The van der Waals surface area contributed by atoms with Crippen molar-refractivity contribution < 1.29 is 0 Å². The second kappa shape index (κ2) is 6.09. The van der Waals surface area contributed by atoms with Gasteiger partial charge in [0, 0.05) is 6.04 Å². The molecule has 2 aliphatic rings. The average molecular weight is 257 g/mol. The highest BCUT2D eigenvalue weighted by Gasteiger charge is 2.39. The Morgan fingerprint density at radius 3 is 2.63 bits per heavy atom. The van der Waals surface area contributed by atoms with Crippen LogP contribution in [0.3, 0.4) is 0 Å². The third-order valence-electron chi connectivity index (χ3n) is 5.36. The molecular formula is C18H27N. The van der Waals surface area contributed by atoms with Gasteiger partial charge in [-0.1, -0.05) is 43.7 Å². The van der Waals surface area contributed by atoms with Crippen molar-refractivity contribution in [2.24, 2.45) is 17.8 Å². The first-order valence-electron chi connectivity index (χ1n) is 8.15. The smallest absolute Gasteiger partial charge is 0.0320 e. The second-order valence-electron chi connectivity index (χ2n) is 6.53. The molecule has 0 heterocycles. The highest BCUT2D eigenvalue weighted by Crippen LogP contribution is 2.50. The molecule has 0 radical (unpaired) electrons. The van der Waals surface area contributed by atoms with Crippen molar-refractivity contribution in [2.45, 2.75) is 51.5 Å². The second-order valence-corrected chi connectivity index (χ2v) is 6.53. The van der Waals surface area contributed by atoms with Crippen LogP contribution in [0.1, 0.15) is 57.1 Å². The Bertz CT molecular complexity index is 386. The molecule has 2 saturated carbocycles. The lowest BCUT2D eigenvalue weighted by Crippen LogP contribution is -2.22. The van der Waals surface area contributed by atoms with E-state index in [-0.39, 0.29) is 0 Å². The van der Waals surface area contributed by atoms with Crippen molar-refractivity contribution in [1.82, 2.24) is 5.32 Å². The molecule has 0 spiro atoms. The van der Waals surface area contributed by atoms with E-state index in [2.05, 4.69) is 42.6 Å². The quantitative estimate of drug-likeness (QED) is 0.788. The fourth-order valence-corrected chi connectivity index (χ4v) is 4.43. The van der Waals surface area contributed by atoms with Gasteiger partial charge in [-0.05, 0) is 62.0 Å². The van der Waals surface area contributed by atoms with Gasteiger partial charge in [-0.25, -0.2) is 0 Å². The van der Waals surface area contributed by atoms with Crippen LogP contribution >= 0.6 is 0 Å². The fraction of sp³-hybridized carbons (Fsp3) is 0.667. The van der Waals surface area contributed by atoms with Crippen molar-refractivity contribution >= 4 is 0 Å². The van der Waals surface area contributed by atoms with Crippen LogP contribution in [0.15, 0.2) is 30.3 Å². The highest BCUT2D eigenvalue weighted by atomic mass is 14.9. The van der Waals surface area contributed by atoms with Crippen molar-refractivity contribution in [3.05, 3.63) is 35.9 Å². The first kappa shape index (κ1) is 13.2. The zero-order valence-electron chi connectivity index (χ0n) is 12.1. The summed E-state index contributed by atoms with van der Waals surface area (Å²) in [5, 5.41) is 3.67. The summed E-state index contributed by atoms with van der Waals surface area (Å²) < 4.78 is 0. The van der Waals surface area contributed by atoms with Gasteiger partial charge in [0.25, 0.3) is 0 Å². The summed E-state index contributed by atoms with van der Waals surface area (Å²) in [6.07, 6.45) is 8.85. The van der Waals surface area contributed by atoms with E-state index in [1.165, 1.54) is 37.7 Å². The van der Waals surface area contributed by atoms with Gasteiger partial charge in [0.1, 0.15) is 0 Å². The average Bonchev–Trinajstić information content (AvgIpc) is 3.07. The van der Waals surface area contributed by atoms with E-state index in [1.807, 2.05) is 0 Å². The maximum atomic E-state index is 3.67. The molecule has 1 aromatic carbocycles. The van der Waals surface area contributed by atoms with Crippen LogP contribution in [0.5, 0.6) is 0 Å². The fourth-order valence-electron chi connectivity index (χ4n) is 4.43. The molecule has 2 bridgehead atoms. The molecule has 1 N–H and O–H groups in total. The van der Waals surface area contributed by atoms with Crippen molar-refractivity contribution in [3.63, 3.8) is 0 Å². The van der Waals surface area contributed by atoms with Gasteiger partial charge in [-0.2, -0.15) is 0 Å². The lowest BCUT2D eigenvalue weighted by atomic mass is 9.84. The molecule has 1 aromatic rings. The number of benzene rings is 1. The molecule has 19 heavy (non-hydrogen) atoms. The zero-order valence-corrected chi connectivity index (χ0v) is 12.1. The van der Waals surface area contributed by atoms with E-state index in [9.17, 15) is 0 Å². The van der Waals surface area contributed by atoms with Gasteiger partial charge in [-0.3, -0.25) is 0 Å². The van der Waals surface area contributed by atoms with Crippen LogP contribution in [-0.4, -0.2) is 6.54 Å². The summed E-state index contributed by atoms with van der Waals surface area (Å²) in [6, 6.07) is 11.5. The summed E-state index contributed by atoms with van der Waals surface area (Å²) in [5.74, 6) is 3.19. The molecule has 2 aliphatic carbocycles. The Kier molecular flexibility index (Phi) is 4.22. The van der Waals surface area contributed by atoms with Crippen LogP contribution in [0.25, 0.3) is 0 Å². The molecule has 3 rings (SSSR count). The van der Waals surface area contributed by atoms with Crippen LogP contribution in [0, 0.1) is 17.8 Å². The van der Waals surface area contributed by atoms with Crippen LogP contribution < -0.4 is 5.32 Å². The first-order valence-corrected chi connectivity index (χ1v) is 8.15. The Morgan fingerprint density at radius 2 is 2.00 bits per heavy atom. The summed E-state index contributed by atoms with van der Waals surface area (Å²) in [7, 11) is 0. The molecule has 0 amide bonds. The Labute approximate surface area is 117 Å². The molecule has 0 aliphatic heterocycles. The molecule has 104 valence electrons. The Balaban J connectivity index is 1.56. The van der Waals surface area contributed by atoms with Gasteiger partial charge in [0.05, 0.1) is 0 Å². The molecular weight excluding hydrogens is 230 g/mol. The lowest BCUT2D eigenvalue weighted by Gasteiger charge is -2.25. The molecule has 0 aromatic heterocycles. The number of nitrogens with one attached hydrogen (secondary N) is 1. The van der Waals surface area contributed by atoms with Crippen LogP contribution in [0.2, 0.25) is 0 Å². The number of fused-ring (bicyclic) bond motifs is 2. The standard InChI is InChI=1S/C18H27N/c1-2-19-18(15-6-4-3-5-7-15)11-10-17-13-14-8-9-16(17)12-14/h3-7,14,16-19H,2,8-13H2,1H3. The van der Waals surface area contributed by atoms with E-state index < -0.39 is 0 Å². The predicted molar refractivity (Wildman–Crippen MR) is 81.0 cm³/mol. The largest absolute Gasteiger partial charge is 0.310 e. The van der Waals surface area contributed by atoms with E-state index in [0.29, 0.717) is 6.04 Å². The molecule has 4 unspecified atom stereocenters. The Morgan fingerprint density at radius 1 is 1.16 bits per heavy atom. The minimum atomic E-state index is 0.560. The van der Waals surface area contributed by atoms with E-state index in [4.69, 9.17) is 0 Å². The molecule has 4 atom stereocenters. The topological polar surface area (TPSA) is 12.0 Å². The molecule has 1 nitrogen and oxygen atoms in total. The van der Waals surface area contributed by atoms with E-state index >= 15 is 0 Å². The summed E-state index contributed by atoms with van der Waals surface area (Å²) in [6.45, 7) is 3.28. The lowest BCUT2D eigenvalue weighted by molar-refractivity contribution is 0.293. The molecule has 1 heteroatoms. The van der Waals surface area contributed by atoms with Crippen molar-refractivity contribution in [2.75, 3.05) is 6.54 Å². The zero-order chi connectivity index (χ0) is 13.1. The van der Waals surface area contributed by atoms with Crippen LogP contribution in [-0.2, 0) is 0 Å². The maximum Gasteiger partial charge on any atom is 0.0320 e. The minimum Gasteiger partial charge on any atom is -0.310 e. The summed E-state index contributed by atoms with van der Waals surface area (Å²) in [4.78, 5) is 0. The SMILES string of the molecule is CCNC(CCC1CC2CCC1C2)c1ccccc1. The number of hydrogen-bond donors (Lipinski definition) is 1. The van der Waals surface area contributed by atoms with E-state index in [0.717, 1.165) is 24.3 Å². The van der Waals surface area contributed by atoms with Gasteiger partial charge >= 0.3 is 0 Å². The van der Waals surface area contributed by atoms with Gasteiger partial charge in [0.15, 0.2) is 0 Å². The van der Waals surface area contributed by atoms with E-state index in [1.54, 1.807) is 6.42 Å². The third kappa shape index (κ3) is 3.02. The third-order valence-corrected chi connectivity index (χ3v) is 5.36. The molecule has 0 saturated heterocycles. The number of rotatable bonds is 6. The van der Waals surface area contributed by atoms with Crippen molar-refractivity contribution in [1.29, 1.82) is 0 Å².